The van der Waals surface area contributed by atoms with Gasteiger partial charge >= 0.3 is 0 Å². The molecule has 0 aliphatic carbocycles. The second-order valence-electron chi connectivity index (χ2n) is 6.46. The number of phenolic OH excluding ortho intramolecular Hbond substituents is 1. The largest absolute Gasteiger partial charge is 0.506 e. The van der Waals surface area contributed by atoms with Crippen LogP contribution in [0.15, 0.2) is 24.3 Å². The van der Waals surface area contributed by atoms with Crippen LogP contribution in [0.4, 0.5) is 10.8 Å². The third-order valence-corrected chi connectivity index (χ3v) is 5.71. The summed E-state index contributed by atoms with van der Waals surface area (Å²) in [5.74, 6) is 0.0757. The van der Waals surface area contributed by atoms with E-state index in [0.29, 0.717) is 38.9 Å². The Hall–Kier alpha value is -3.02. The van der Waals surface area contributed by atoms with Crippen LogP contribution in [0.1, 0.15) is 34.3 Å². The maximum atomic E-state index is 13.1. The molecule has 0 atom stereocenters. The van der Waals surface area contributed by atoms with Crippen molar-refractivity contribution in [3.8, 4) is 22.9 Å². The summed E-state index contributed by atoms with van der Waals surface area (Å²) in [6.45, 7) is 4.52. The lowest BCUT2D eigenvalue weighted by Crippen LogP contribution is -2.14. The molecule has 0 radical (unpaired) electrons. The maximum Gasteiger partial charge on any atom is 0.267 e. The molecule has 0 bridgehead atoms. The molecule has 1 amide bonds. The Labute approximate surface area is 177 Å². The summed E-state index contributed by atoms with van der Waals surface area (Å²) in [5.41, 5.74) is 2.13. The molecule has 0 aliphatic heterocycles. The van der Waals surface area contributed by atoms with Gasteiger partial charge < -0.3 is 15.7 Å². The summed E-state index contributed by atoms with van der Waals surface area (Å²) in [7, 11) is 1.74. The standard InChI is InChI=1S/C20H20ClN5O2S/c1-4-7-23-20-13(10-22)17(12-5-6-14(21)15(27)9-12)18(29-20)19(28)24-16-8-11(2)25-26(16)3/h5-6,8-9,23,27H,4,7H2,1-3H3,(H,24,28). The predicted octanol–water partition coefficient (Wildman–Crippen LogP) is 4.76. The Morgan fingerprint density at radius 3 is 2.76 bits per heavy atom. The number of amides is 1. The van der Waals surface area contributed by atoms with E-state index in [0.717, 1.165) is 12.1 Å². The average Bonchev–Trinajstić information content (AvgIpc) is 3.21. The van der Waals surface area contributed by atoms with Crippen LogP contribution in [0, 0.1) is 18.3 Å². The molecular weight excluding hydrogens is 410 g/mol. The van der Waals surface area contributed by atoms with Crippen molar-refractivity contribution >= 4 is 39.7 Å². The van der Waals surface area contributed by atoms with Gasteiger partial charge in [-0.2, -0.15) is 10.4 Å². The molecule has 0 saturated carbocycles. The van der Waals surface area contributed by atoms with Gasteiger partial charge in [0.2, 0.25) is 0 Å². The summed E-state index contributed by atoms with van der Waals surface area (Å²) in [4.78, 5) is 13.5. The number of nitriles is 1. The highest BCUT2D eigenvalue weighted by molar-refractivity contribution is 7.19. The SMILES string of the molecule is CCCNc1sc(C(=O)Nc2cc(C)nn2C)c(-c2ccc(Cl)c(O)c2)c1C#N. The molecule has 0 spiro atoms. The molecule has 0 saturated heterocycles. The van der Waals surface area contributed by atoms with E-state index >= 15 is 0 Å². The van der Waals surface area contributed by atoms with Gasteiger partial charge in [0.1, 0.15) is 27.5 Å². The van der Waals surface area contributed by atoms with Crippen LogP contribution >= 0.6 is 22.9 Å². The number of aromatic nitrogens is 2. The first-order chi connectivity index (χ1) is 13.8. The highest BCUT2D eigenvalue weighted by Gasteiger charge is 2.25. The first-order valence-electron chi connectivity index (χ1n) is 8.97. The third kappa shape index (κ3) is 4.21. The van der Waals surface area contributed by atoms with Gasteiger partial charge in [-0.15, -0.1) is 11.3 Å². The van der Waals surface area contributed by atoms with Crippen molar-refractivity contribution in [1.82, 2.24) is 9.78 Å². The number of phenols is 1. The first-order valence-corrected chi connectivity index (χ1v) is 10.2. The van der Waals surface area contributed by atoms with Crippen LogP contribution in [0.3, 0.4) is 0 Å². The molecule has 0 unspecified atom stereocenters. The second-order valence-corrected chi connectivity index (χ2v) is 7.89. The smallest absolute Gasteiger partial charge is 0.267 e. The van der Waals surface area contributed by atoms with Crippen molar-refractivity contribution in [3.63, 3.8) is 0 Å². The number of rotatable bonds is 6. The van der Waals surface area contributed by atoms with Crippen LogP contribution in [-0.2, 0) is 7.05 Å². The molecule has 0 fully saturated rings. The lowest BCUT2D eigenvalue weighted by molar-refractivity contribution is 0.103. The lowest BCUT2D eigenvalue weighted by Gasteiger charge is -2.08. The van der Waals surface area contributed by atoms with E-state index in [4.69, 9.17) is 11.6 Å². The molecule has 2 aromatic heterocycles. The van der Waals surface area contributed by atoms with Crippen molar-refractivity contribution in [3.05, 3.63) is 45.4 Å². The molecule has 29 heavy (non-hydrogen) atoms. The van der Waals surface area contributed by atoms with Crippen molar-refractivity contribution in [2.24, 2.45) is 7.05 Å². The molecule has 150 valence electrons. The number of nitrogens with one attached hydrogen (secondary N) is 2. The van der Waals surface area contributed by atoms with E-state index in [1.165, 1.54) is 23.5 Å². The number of nitrogens with zero attached hydrogens (tertiary/aromatic N) is 3. The fourth-order valence-electron chi connectivity index (χ4n) is 2.91. The number of thiophene rings is 1. The number of benzene rings is 1. The maximum absolute atomic E-state index is 13.1. The Morgan fingerprint density at radius 2 is 2.17 bits per heavy atom. The number of carbonyl (C=O) groups excluding carboxylic acids is 1. The van der Waals surface area contributed by atoms with Crippen molar-refractivity contribution < 1.29 is 9.90 Å². The van der Waals surface area contributed by atoms with Crippen LogP contribution in [-0.4, -0.2) is 27.3 Å². The van der Waals surface area contributed by atoms with Crippen molar-refractivity contribution in [1.29, 1.82) is 5.26 Å². The summed E-state index contributed by atoms with van der Waals surface area (Å²) >= 11 is 7.14. The summed E-state index contributed by atoms with van der Waals surface area (Å²) in [6.07, 6.45) is 0.871. The Kier molecular flexibility index (Phi) is 6.11. The van der Waals surface area contributed by atoms with Crippen molar-refractivity contribution in [2.75, 3.05) is 17.2 Å². The van der Waals surface area contributed by atoms with Gasteiger partial charge in [0.05, 0.1) is 16.3 Å². The highest BCUT2D eigenvalue weighted by atomic mass is 35.5. The van der Waals surface area contributed by atoms with E-state index in [9.17, 15) is 15.2 Å². The van der Waals surface area contributed by atoms with Gasteiger partial charge in [-0.25, -0.2) is 0 Å². The van der Waals surface area contributed by atoms with E-state index in [1.54, 1.807) is 23.9 Å². The first kappa shape index (κ1) is 20.7. The minimum atomic E-state index is -0.358. The number of hydrogen-bond acceptors (Lipinski definition) is 6. The summed E-state index contributed by atoms with van der Waals surface area (Å²) in [6, 6.07) is 8.64. The topological polar surface area (TPSA) is 103 Å². The zero-order valence-corrected chi connectivity index (χ0v) is 17.8. The van der Waals surface area contributed by atoms with Gasteiger partial charge in [-0.05, 0) is 31.0 Å². The molecule has 2 heterocycles. The van der Waals surface area contributed by atoms with E-state index in [2.05, 4.69) is 21.8 Å². The molecule has 3 rings (SSSR count). The van der Waals surface area contributed by atoms with Gasteiger partial charge in [0.15, 0.2) is 0 Å². The van der Waals surface area contributed by atoms with Crippen LogP contribution < -0.4 is 10.6 Å². The van der Waals surface area contributed by atoms with E-state index in [1.807, 2.05) is 13.8 Å². The molecule has 7 nitrogen and oxygen atoms in total. The fraction of sp³-hybridized carbons (Fsp3) is 0.250. The molecule has 9 heteroatoms. The van der Waals surface area contributed by atoms with E-state index in [-0.39, 0.29) is 16.7 Å². The summed E-state index contributed by atoms with van der Waals surface area (Å²) < 4.78 is 1.58. The minimum Gasteiger partial charge on any atom is -0.506 e. The fourth-order valence-corrected chi connectivity index (χ4v) is 4.12. The van der Waals surface area contributed by atoms with Gasteiger partial charge in [-0.1, -0.05) is 24.6 Å². The Morgan fingerprint density at radius 1 is 1.41 bits per heavy atom. The van der Waals surface area contributed by atoms with Crippen LogP contribution in [0.2, 0.25) is 5.02 Å². The molecule has 3 N–H and O–H groups in total. The molecular formula is C20H20ClN5O2S. The minimum absolute atomic E-state index is 0.115. The summed E-state index contributed by atoms with van der Waals surface area (Å²) in [5, 5.41) is 30.9. The molecule has 0 aliphatic rings. The number of anilines is 2. The molecule has 3 aromatic rings. The molecule has 1 aromatic carbocycles. The highest BCUT2D eigenvalue weighted by Crippen LogP contribution is 2.42. The number of aromatic hydroxyl groups is 1. The number of carbonyl (C=O) groups is 1. The van der Waals surface area contributed by atoms with Crippen LogP contribution in [0.25, 0.3) is 11.1 Å². The zero-order valence-electron chi connectivity index (χ0n) is 16.2. The van der Waals surface area contributed by atoms with Gasteiger partial charge in [0, 0.05) is 25.2 Å². The number of aryl methyl sites for hydroxylation is 2. The number of hydrogen-bond donors (Lipinski definition) is 3. The lowest BCUT2D eigenvalue weighted by atomic mass is 10.0. The van der Waals surface area contributed by atoms with Gasteiger partial charge in [0.25, 0.3) is 5.91 Å². The normalized spacial score (nSPS) is 10.6. The third-order valence-electron chi connectivity index (χ3n) is 4.24. The van der Waals surface area contributed by atoms with E-state index < -0.39 is 0 Å². The van der Waals surface area contributed by atoms with Crippen molar-refractivity contribution in [2.45, 2.75) is 20.3 Å². The van der Waals surface area contributed by atoms with Crippen LogP contribution in [0.5, 0.6) is 5.75 Å². The van der Waals surface area contributed by atoms with Gasteiger partial charge in [-0.3, -0.25) is 9.48 Å². The Bertz CT molecular complexity index is 1110. The second kappa shape index (κ2) is 8.55. The predicted molar refractivity (Wildman–Crippen MR) is 116 cm³/mol. The quantitative estimate of drug-likeness (QED) is 0.524. The number of halogens is 1. The zero-order chi connectivity index (χ0) is 21.1. The monoisotopic (exact) mass is 429 g/mol. The Balaban J connectivity index is 2.12. The average molecular weight is 430 g/mol.